The minimum atomic E-state index is -0.261. The number of hydrogen-bond acceptors (Lipinski definition) is 2. The molecule has 1 aromatic carbocycles. The Bertz CT molecular complexity index is 627. The van der Waals surface area contributed by atoms with E-state index in [9.17, 15) is 4.79 Å². The molecule has 0 aliphatic heterocycles. The SMILES string of the molecule is CCOC(=O)c1ccc(C=C(C)CCC=C(C)CCC=C(C)C)cc1. The standard InChI is InChI=1S/C23H32O2/c1-6-25-23(24)22-15-13-21(14-16-22)17-20(5)12-8-11-19(4)10-7-9-18(2)3/h9,11,13-17H,6-8,10,12H2,1-5H3. The van der Waals surface area contributed by atoms with Crippen LogP contribution in [0.5, 0.6) is 0 Å². The maximum atomic E-state index is 11.6. The summed E-state index contributed by atoms with van der Waals surface area (Å²) < 4.78 is 5.00. The first-order valence-electron chi connectivity index (χ1n) is 9.15. The Kier molecular flexibility index (Phi) is 9.61. The molecule has 0 aliphatic carbocycles. The molecule has 0 spiro atoms. The second-order valence-corrected chi connectivity index (χ2v) is 6.74. The molecule has 2 heteroatoms. The molecular formula is C23H32O2. The predicted molar refractivity (Wildman–Crippen MR) is 108 cm³/mol. The number of ether oxygens (including phenoxy) is 1. The van der Waals surface area contributed by atoms with Crippen LogP contribution in [-0.2, 0) is 4.74 Å². The Hall–Kier alpha value is -2.09. The fraction of sp³-hybridized carbons (Fsp3) is 0.435. The van der Waals surface area contributed by atoms with Crippen molar-refractivity contribution >= 4 is 12.0 Å². The molecule has 2 nitrogen and oxygen atoms in total. The molecule has 0 atom stereocenters. The van der Waals surface area contributed by atoms with E-state index < -0.39 is 0 Å². The Morgan fingerprint density at radius 2 is 1.52 bits per heavy atom. The maximum Gasteiger partial charge on any atom is 0.338 e. The molecule has 0 radical (unpaired) electrons. The first-order chi connectivity index (χ1) is 11.9. The zero-order valence-corrected chi connectivity index (χ0v) is 16.4. The summed E-state index contributed by atoms with van der Waals surface area (Å²) in [6.07, 6.45) is 11.2. The minimum absolute atomic E-state index is 0.261. The van der Waals surface area contributed by atoms with Crippen LogP contribution in [0.15, 0.2) is 53.1 Å². The van der Waals surface area contributed by atoms with Crippen molar-refractivity contribution in [3.05, 3.63) is 64.3 Å². The van der Waals surface area contributed by atoms with Gasteiger partial charge in [-0.15, -0.1) is 0 Å². The molecule has 0 heterocycles. The summed E-state index contributed by atoms with van der Waals surface area (Å²) in [4.78, 5) is 11.6. The molecule has 0 saturated carbocycles. The van der Waals surface area contributed by atoms with E-state index in [4.69, 9.17) is 4.74 Å². The third-order valence-corrected chi connectivity index (χ3v) is 3.96. The van der Waals surface area contributed by atoms with Gasteiger partial charge in [-0.05, 0) is 78.0 Å². The number of allylic oxidation sites excluding steroid dienone is 5. The zero-order valence-electron chi connectivity index (χ0n) is 16.4. The van der Waals surface area contributed by atoms with Gasteiger partial charge in [-0.1, -0.05) is 47.1 Å². The van der Waals surface area contributed by atoms with Crippen LogP contribution in [0.2, 0.25) is 0 Å². The molecule has 1 aromatic rings. The van der Waals surface area contributed by atoms with Gasteiger partial charge in [0, 0.05) is 0 Å². The van der Waals surface area contributed by atoms with Crippen molar-refractivity contribution in [2.75, 3.05) is 6.61 Å². The van der Waals surface area contributed by atoms with E-state index in [-0.39, 0.29) is 5.97 Å². The van der Waals surface area contributed by atoms with Crippen LogP contribution >= 0.6 is 0 Å². The number of carbonyl (C=O) groups excluding carboxylic acids is 1. The largest absolute Gasteiger partial charge is 0.462 e. The van der Waals surface area contributed by atoms with Gasteiger partial charge >= 0.3 is 5.97 Å². The molecule has 0 unspecified atom stereocenters. The molecule has 136 valence electrons. The van der Waals surface area contributed by atoms with Gasteiger partial charge in [0.05, 0.1) is 12.2 Å². The summed E-state index contributed by atoms with van der Waals surface area (Å²) >= 11 is 0. The van der Waals surface area contributed by atoms with Crippen LogP contribution in [0, 0.1) is 0 Å². The Morgan fingerprint density at radius 1 is 0.920 bits per heavy atom. The van der Waals surface area contributed by atoms with E-state index in [0.29, 0.717) is 12.2 Å². The number of hydrogen-bond donors (Lipinski definition) is 0. The van der Waals surface area contributed by atoms with Gasteiger partial charge in [0.25, 0.3) is 0 Å². The van der Waals surface area contributed by atoms with Gasteiger partial charge in [0.15, 0.2) is 0 Å². The van der Waals surface area contributed by atoms with Gasteiger partial charge < -0.3 is 4.74 Å². The normalized spacial score (nSPS) is 12.0. The van der Waals surface area contributed by atoms with Gasteiger partial charge in [0.2, 0.25) is 0 Å². The topological polar surface area (TPSA) is 26.3 Å². The lowest BCUT2D eigenvalue weighted by Gasteiger charge is -2.04. The first kappa shape index (κ1) is 21.0. The second kappa shape index (κ2) is 11.5. The highest BCUT2D eigenvalue weighted by Crippen LogP contribution is 2.15. The van der Waals surface area contributed by atoms with Gasteiger partial charge in [-0.3, -0.25) is 0 Å². The highest BCUT2D eigenvalue weighted by atomic mass is 16.5. The van der Waals surface area contributed by atoms with Crippen molar-refractivity contribution in [3.8, 4) is 0 Å². The number of rotatable bonds is 9. The Morgan fingerprint density at radius 3 is 2.12 bits per heavy atom. The van der Waals surface area contributed by atoms with E-state index in [1.165, 1.54) is 16.7 Å². The average molecular weight is 341 g/mol. The van der Waals surface area contributed by atoms with Crippen molar-refractivity contribution in [2.45, 2.75) is 60.3 Å². The van der Waals surface area contributed by atoms with Crippen LogP contribution < -0.4 is 0 Å². The molecule has 0 fully saturated rings. The quantitative estimate of drug-likeness (QED) is 0.367. The van der Waals surface area contributed by atoms with Crippen molar-refractivity contribution in [2.24, 2.45) is 0 Å². The van der Waals surface area contributed by atoms with Gasteiger partial charge in [-0.25, -0.2) is 4.79 Å². The molecular weight excluding hydrogens is 308 g/mol. The molecule has 0 saturated heterocycles. The lowest BCUT2D eigenvalue weighted by Crippen LogP contribution is -2.03. The Balaban J connectivity index is 2.50. The van der Waals surface area contributed by atoms with Crippen molar-refractivity contribution in [3.63, 3.8) is 0 Å². The zero-order chi connectivity index (χ0) is 18.7. The van der Waals surface area contributed by atoms with E-state index in [0.717, 1.165) is 31.2 Å². The summed E-state index contributed by atoms with van der Waals surface area (Å²) in [6, 6.07) is 7.58. The van der Waals surface area contributed by atoms with Crippen molar-refractivity contribution in [1.82, 2.24) is 0 Å². The third kappa shape index (κ3) is 9.09. The molecule has 25 heavy (non-hydrogen) atoms. The molecule has 0 N–H and O–H groups in total. The van der Waals surface area contributed by atoms with Crippen LogP contribution in [0.25, 0.3) is 6.08 Å². The monoisotopic (exact) mass is 340 g/mol. The third-order valence-electron chi connectivity index (χ3n) is 3.96. The van der Waals surface area contributed by atoms with E-state index >= 15 is 0 Å². The molecule has 1 rings (SSSR count). The molecule has 0 aromatic heterocycles. The lowest BCUT2D eigenvalue weighted by molar-refractivity contribution is 0.0526. The summed E-state index contributed by atoms with van der Waals surface area (Å²) in [5.74, 6) is -0.261. The molecule has 0 bridgehead atoms. The predicted octanol–water partition coefficient (Wildman–Crippen LogP) is 6.74. The summed E-state index contributed by atoms with van der Waals surface area (Å²) in [5.41, 5.74) is 5.92. The number of carbonyl (C=O) groups is 1. The van der Waals surface area contributed by atoms with Crippen LogP contribution in [-0.4, -0.2) is 12.6 Å². The second-order valence-electron chi connectivity index (χ2n) is 6.74. The average Bonchev–Trinajstić information content (AvgIpc) is 2.55. The highest BCUT2D eigenvalue weighted by molar-refractivity contribution is 5.89. The summed E-state index contributed by atoms with van der Waals surface area (Å²) in [6.45, 7) is 10.9. The van der Waals surface area contributed by atoms with Crippen LogP contribution in [0.3, 0.4) is 0 Å². The Labute approximate surface area is 153 Å². The molecule has 0 amide bonds. The smallest absolute Gasteiger partial charge is 0.338 e. The van der Waals surface area contributed by atoms with E-state index in [1.807, 2.05) is 31.2 Å². The number of benzene rings is 1. The van der Waals surface area contributed by atoms with Gasteiger partial charge in [0.1, 0.15) is 0 Å². The first-order valence-corrected chi connectivity index (χ1v) is 9.15. The minimum Gasteiger partial charge on any atom is -0.462 e. The van der Waals surface area contributed by atoms with Crippen LogP contribution in [0.4, 0.5) is 0 Å². The lowest BCUT2D eigenvalue weighted by atomic mass is 10.0. The van der Waals surface area contributed by atoms with E-state index in [1.54, 1.807) is 0 Å². The van der Waals surface area contributed by atoms with Gasteiger partial charge in [-0.2, -0.15) is 0 Å². The van der Waals surface area contributed by atoms with Crippen molar-refractivity contribution in [1.29, 1.82) is 0 Å². The van der Waals surface area contributed by atoms with Crippen LogP contribution in [0.1, 0.15) is 76.2 Å². The van der Waals surface area contributed by atoms with E-state index in [2.05, 4.69) is 45.9 Å². The maximum absolute atomic E-state index is 11.6. The fourth-order valence-corrected chi connectivity index (χ4v) is 2.52. The highest BCUT2D eigenvalue weighted by Gasteiger charge is 2.04. The van der Waals surface area contributed by atoms with Crippen molar-refractivity contribution < 1.29 is 9.53 Å². The summed E-state index contributed by atoms with van der Waals surface area (Å²) in [7, 11) is 0. The molecule has 0 aliphatic rings. The summed E-state index contributed by atoms with van der Waals surface area (Å²) in [5, 5.41) is 0. The number of esters is 1. The fourth-order valence-electron chi connectivity index (χ4n) is 2.52.